The van der Waals surface area contributed by atoms with Crippen LogP contribution in [0.4, 0.5) is 0 Å². The van der Waals surface area contributed by atoms with Crippen LogP contribution in [0.15, 0.2) is 73.6 Å². The average molecular weight is 571 g/mol. The first-order chi connectivity index (χ1) is 18.6. The summed E-state index contributed by atoms with van der Waals surface area (Å²) in [7, 11) is 1.38. The Bertz CT molecular complexity index is 1410. The maximum atomic E-state index is 11.8. The summed E-state index contributed by atoms with van der Waals surface area (Å²) < 4.78 is 8.35. The summed E-state index contributed by atoms with van der Waals surface area (Å²) in [6.07, 6.45) is 6.18. The minimum absolute atomic E-state index is 0. The topological polar surface area (TPSA) is 129 Å². The number of esters is 1. The van der Waals surface area contributed by atoms with Crippen molar-refractivity contribution < 1.29 is 54.5 Å². The van der Waals surface area contributed by atoms with E-state index in [1.807, 2.05) is 41.8 Å². The van der Waals surface area contributed by atoms with Crippen LogP contribution in [0.5, 0.6) is 0 Å². The predicted octanol–water partition coefficient (Wildman–Crippen LogP) is 3.54. The average Bonchev–Trinajstić information content (AvgIpc) is 3.63. The van der Waals surface area contributed by atoms with Crippen LogP contribution < -0.4 is 29.6 Å². The first kappa shape index (κ1) is 35.8. The number of ether oxygens (including phenoxy) is 1. The van der Waals surface area contributed by atoms with Gasteiger partial charge >= 0.3 is 41.5 Å². The molecule has 41 heavy (non-hydrogen) atoms. The molecule has 0 aliphatic carbocycles. The Morgan fingerprint density at radius 2 is 1.07 bits per heavy atom. The third-order valence-corrected chi connectivity index (χ3v) is 6.92. The van der Waals surface area contributed by atoms with Gasteiger partial charge in [0.2, 0.25) is 0 Å². The number of methoxy groups -OCH3 is 1. The van der Waals surface area contributed by atoms with E-state index in [1.54, 1.807) is 23.4 Å². The van der Waals surface area contributed by atoms with Gasteiger partial charge in [0.25, 0.3) is 0 Å². The van der Waals surface area contributed by atoms with Gasteiger partial charge < -0.3 is 24.5 Å². The summed E-state index contributed by atoms with van der Waals surface area (Å²) in [6, 6.07) is 16.4. The number of aromatic nitrogens is 4. The first-order valence-corrected chi connectivity index (χ1v) is 13.1. The Morgan fingerprint density at radius 1 is 0.707 bits per heavy atom. The number of imidazole rings is 2. The number of hydrogen-bond acceptors (Lipinski definition) is 6. The molecule has 214 valence electrons. The molecule has 0 radical (unpaired) electrons. The maximum Gasteiger partial charge on any atom is 1.00 e. The number of carboxylic acids is 1. The van der Waals surface area contributed by atoms with Crippen molar-refractivity contribution in [1.82, 2.24) is 19.1 Å². The van der Waals surface area contributed by atoms with Crippen LogP contribution in [-0.2, 0) is 4.74 Å². The quantitative estimate of drug-likeness (QED) is 0.253. The van der Waals surface area contributed by atoms with E-state index in [-0.39, 0.29) is 58.8 Å². The van der Waals surface area contributed by atoms with Crippen LogP contribution in [0.3, 0.4) is 0 Å². The van der Waals surface area contributed by atoms with Crippen molar-refractivity contribution >= 4 is 11.9 Å². The molecule has 9 nitrogen and oxygen atoms in total. The van der Waals surface area contributed by atoms with E-state index in [9.17, 15) is 9.59 Å². The van der Waals surface area contributed by atoms with Crippen molar-refractivity contribution in [1.29, 1.82) is 0 Å². The van der Waals surface area contributed by atoms with Gasteiger partial charge in [0.1, 0.15) is 11.4 Å². The molecule has 0 saturated carbocycles. The normalized spacial score (nSPS) is 11.9. The first-order valence-electron chi connectivity index (χ1n) is 13.1. The minimum Gasteiger partial charge on any atom is -0.870 e. The second-order valence-corrected chi connectivity index (χ2v) is 10.1. The van der Waals surface area contributed by atoms with Crippen LogP contribution in [0.1, 0.15) is 109 Å². The second kappa shape index (κ2) is 16.3. The van der Waals surface area contributed by atoms with Gasteiger partial charge in [-0.1, -0.05) is 76.2 Å². The molecule has 0 aliphatic rings. The molecule has 2 aromatic carbocycles. The molecule has 10 heteroatoms. The molecule has 0 spiro atoms. The molecular formula is C31H39N4NaO5. The molecule has 2 heterocycles. The summed E-state index contributed by atoms with van der Waals surface area (Å²) in [5.41, 5.74) is 5.54. The van der Waals surface area contributed by atoms with Crippen molar-refractivity contribution in [3.8, 4) is 0 Å². The standard InChI is InChI=1S/C16H20N2O2.C15H18N2O2.Na.H2O/c1-11(2)13-7-5-6-8-14(13)12(3)18-10-17-9-15(18)16(19)20-4;1-10(2)12-6-4-5-7-13(12)11(3)17-9-16-8-14(17)15(18)19;;/h5-12H,1-4H3;4-11H,1-3H3,(H,18,19);;1H2/q;;+1;/p-1/t12-;11-;;/m00../s1. The van der Waals surface area contributed by atoms with Crippen molar-refractivity contribution in [3.63, 3.8) is 0 Å². The Labute approximate surface area is 264 Å². The Hall–Kier alpha value is -3.24. The number of aromatic carboxylic acids is 1. The van der Waals surface area contributed by atoms with Crippen LogP contribution in [0.2, 0.25) is 0 Å². The molecule has 2 aromatic heterocycles. The van der Waals surface area contributed by atoms with E-state index in [1.165, 1.54) is 30.0 Å². The summed E-state index contributed by atoms with van der Waals surface area (Å²) in [5, 5.41) is 9.17. The Kier molecular flexibility index (Phi) is 14.2. The van der Waals surface area contributed by atoms with Crippen LogP contribution >= 0.6 is 0 Å². The number of hydrogen-bond donors (Lipinski definition) is 1. The third kappa shape index (κ3) is 8.39. The number of rotatable bonds is 8. The van der Waals surface area contributed by atoms with Gasteiger partial charge in [-0.05, 0) is 47.9 Å². The van der Waals surface area contributed by atoms with Gasteiger partial charge in [0.15, 0.2) is 0 Å². The molecule has 4 rings (SSSR count). The van der Waals surface area contributed by atoms with Gasteiger partial charge in [-0.25, -0.2) is 19.6 Å². The molecule has 0 saturated heterocycles. The maximum absolute atomic E-state index is 11.8. The number of carboxylic acid groups (broad SMARTS) is 1. The monoisotopic (exact) mass is 570 g/mol. The number of carbonyl (C=O) groups excluding carboxylic acids is 1. The zero-order chi connectivity index (χ0) is 28.7. The Morgan fingerprint density at radius 3 is 1.44 bits per heavy atom. The summed E-state index contributed by atoms with van der Waals surface area (Å²) in [6.45, 7) is 12.7. The van der Waals surface area contributed by atoms with E-state index < -0.39 is 5.97 Å². The summed E-state index contributed by atoms with van der Waals surface area (Å²) in [5.74, 6) is -0.489. The summed E-state index contributed by atoms with van der Waals surface area (Å²) in [4.78, 5) is 31.0. The minimum atomic E-state index is -0.952. The zero-order valence-electron chi connectivity index (χ0n) is 25.1. The predicted molar refractivity (Wildman–Crippen MR) is 153 cm³/mol. The fraction of sp³-hybridized carbons (Fsp3) is 0.355. The van der Waals surface area contributed by atoms with Gasteiger partial charge in [0, 0.05) is 0 Å². The second-order valence-electron chi connectivity index (χ2n) is 10.1. The van der Waals surface area contributed by atoms with Crippen LogP contribution in [0.25, 0.3) is 0 Å². The number of nitrogens with zero attached hydrogens (tertiary/aromatic N) is 4. The fourth-order valence-electron chi connectivity index (χ4n) is 4.79. The van der Waals surface area contributed by atoms with E-state index in [4.69, 9.17) is 9.84 Å². The molecule has 4 aromatic rings. The molecule has 2 atom stereocenters. The fourth-order valence-corrected chi connectivity index (χ4v) is 4.79. The van der Waals surface area contributed by atoms with Crippen molar-refractivity contribution in [3.05, 3.63) is 107 Å². The number of benzene rings is 2. The van der Waals surface area contributed by atoms with Gasteiger partial charge in [-0.2, -0.15) is 0 Å². The van der Waals surface area contributed by atoms with Crippen molar-refractivity contribution in [2.75, 3.05) is 7.11 Å². The summed E-state index contributed by atoms with van der Waals surface area (Å²) >= 11 is 0. The zero-order valence-corrected chi connectivity index (χ0v) is 27.1. The number of carbonyl (C=O) groups is 2. The molecule has 0 bridgehead atoms. The molecule has 0 amide bonds. The van der Waals surface area contributed by atoms with E-state index in [0.717, 1.165) is 5.56 Å². The smallest absolute Gasteiger partial charge is 0.870 e. The van der Waals surface area contributed by atoms with Crippen LogP contribution in [-0.4, -0.2) is 48.7 Å². The molecule has 0 aliphatic heterocycles. The Balaban J connectivity index is 0.000000391. The molecular weight excluding hydrogens is 531 g/mol. The molecule has 2 N–H and O–H groups in total. The van der Waals surface area contributed by atoms with E-state index in [0.29, 0.717) is 17.5 Å². The third-order valence-electron chi connectivity index (χ3n) is 6.92. The van der Waals surface area contributed by atoms with Gasteiger partial charge in [-0.15, -0.1) is 0 Å². The largest absolute Gasteiger partial charge is 1.00 e. The SMILES string of the molecule is CC(C)c1ccccc1[C@H](C)n1cncc1C(=O)O.COC(=O)c1cncn1[C@@H](C)c1ccccc1C(C)C.[Na+].[OH-]. The van der Waals surface area contributed by atoms with Crippen LogP contribution in [0, 0.1) is 0 Å². The van der Waals surface area contributed by atoms with E-state index in [2.05, 4.69) is 62.8 Å². The molecule has 0 fully saturated rings. The van der Waals surface area contributed by atoms with E-state index >= 15 is 0 Å². The van der Waals surface area contributed by atoms with Crippen molar-refractivity contribution in [2.24, 2.45) is 0 Å². The van der Waals surface area contributed by atoms with Crippen molar-refractivity contribution in [2.45, 2.75) is 65.5 Å². The molecule has 0 unspecified atom stereocenters. The van der Waals surface area contributed by atoms with Gasteiger partial charge in [-0.3, -0.25) is 0 Å². The van der Waals surface area contributed by atoms with Gasteiger partial charge in [0.05, 0.1) is 44.2 Å².